The van der Waals surface area contributed by atoms with E-state index in [2.05, 4.69) is 154 Å². The minimum atomic E-state index is 0.822. The summed E-state index contributed by atoms with van der Waals surface area (Å²) in [6, 6.07) is 48.4. The molecular formula is C90H139N11. The Balaban J connectivity index is -0.000000193. The van der Waals surface area contributed by atoms with Gasteiger partial charge < -0.3 is 0 Å². The summed E-state index contributed by atoms with van der Waals surface area (Å²) in [6.07, 6.45) is 30.2. The number of aromatic nitrogens is 11. The second kappa shape index (κ2) is 81.3. The Labute approximate surface area is 619 Å². The number of fused-ring (bicyclic) bond motifs is 4. The predicted molar refractivity (Wildman–Crippen MR) is 445 cm³/mol. The number of hydrogen-bond acceptors (Lipinski definition) is 11. The van der Waals surface area contributed by atoms with Crippen LogP contribution in [0.25, 0.3) is 0 Å². The molecule has 13 rings (SSSR count). The summed E-state index contributed by atoms with van der Waals surface area (Å²) in [4.78, 5) is 42.3. The summed E-state index contributed by atoms with van der Waals surface area (Å²) in [5.74, 6) is 0.822. The van der Waals surface area contributed by atoms with Crippen molar-refractivity contribution in [2.75, 3.05) is 0 Å². The highest BCUT2D eigenvalue weighted by atomic mass is 14.8. The molecule has 0 aliphatic heterocycles. The maximum absolute atomic E-state index is 3.98. The van der Waals surface area contributed by atoms with Gasteiger partial charge in [-0.15, -0.1) is 0 Å². The molecule has 0 bridgehead atoms. The quantitative estimate of drug-likeness (QED) is 0.143. The molecule has 0 unspecified atom stereocenters. The van der Waals surface area contributed by atoms with E-state index in [0.29, 0.717) is 0 Å². The predicted octanol–water partition coefficient (Wildman–Crippen LogP) is 25.6. The monoisotopic (exact) mass is 1370 g/mol. The third-order valence-corrected chi connectivity index (χ3v) is 11.9. The Hall–Kier alpha value is -9.35. The molecule has 11 heteroatoms. The fourth-order valence-electron chi connectivity index (χ4n) is 7.68. The van der Waals surface area contributed by atoms with Crippen molar-refractivity contribution >= 4 is 0 Å². The molecule has 101 heavy (non-hydrogen) atoms. The standard InChI is InChI=1S/2C15H14.3C6H7N.4C5H6N2.11C2H6/c1-11-5-4-8-14-9-12-6-2-3-7-13(12)10-15(11)14;1-11-6-7-14-9-12-4-2-3-5-13(12)10-15(14)8-11;1-6-2-4-7-5-3-6;1-6-3-2-4-7-5-6;1-6-4-2-3-5-7-6;1-5-2-6-4-7-3-5;1-5-4-6-2-3-7-5;1-5-2-3-6-4-7-5;1-5-6-3-2-4-7-5;11*1-2/h2*2-8H,9-10H2,1H3;3*2-5H,1H3;4*2-4H,1H3;11*1-2H3. The lowest BCUT2D eigenvalue weighted by molar-refractivity contribution is 0.986. The largest absolute Gasteiger partial charge is 0.265 e. The Kier molecular flexibility index (Phi) is 84.6. The number of hydrogen-bond donors (Lipinski definition) is 0. The first-order chi connectivity index (χ1) is 49.4. The molecule has 2 aliphatic rings. The zero-order valence-corrected chi connectivity index (χ0v) is 69.2. The third-order valence-electron chi connectivity index (χ3n) is 11.9. The van der Waals surface area contributed by atoms with E-state index in [9.17, 15) is 0 Å². The molecule has 0 saturated heterocycles. The fraction of sp³-hybridized carbons (Fsp3) is 0.389. The molecule has 554 valence electrons. The number of aryl methyl sites for hydroxylation is 9. The van der Waals surface area contributed by atoms with Crippen molar-refractivity contribution in [1.82, 2.24) is 54.8 Å². The lowest BCUT2D eigenvalue weighted by Gasteiger charge is -2.21. The van der Waals surface area contributed by atoms with Crippen molar-refractivity contribution in [2.24, 2.45) is 0 Å². The molecule has 0 saturated carbocycles. The van der Waals surface area contributed by atoms with Gasteiger partial charge in [0.2, 0.25) is 0 Å². The van der Waals surface area contributed by atoms with Crippen LogP contribution in [0.1, 0.15) is 248 Å². The van der Waals surface area contributed by atoms with E-state index in [4.69, 9.17) is 0 Å². The van der Waals surface area contributed by atoms with Crippen LogP contribution in [0.5, 0.6) is 0 Å². The molecule has 11 nitrogen and oxygen atoms in total. The highest BCUT2D eigenvalue weighted by Gasteiger charge is 2.16. The Morgan fingerprint density at radius 1 is 0.218 bits per heavy atom. The normalized spacial score (nSPS) is 8.78. The van der Waals surface area contributed by atoms with Crippen LogP contribution >= 0.6 is 0 Å². The first-order valence-corrected chi connectivity index (χ1v) is 37.2. The number of rotatable bonds is 0. The fourth-order valence-corrected chi connectivity index (χ4v) is 7.68. The average Bonchev–Trinajstić information content (AvgIpc) is 0.810. The van der Waals surface area contributed by atoms with Gasteiger partial charge >= 0.3 is 0 Å². The van der Waals surface area contributed by atoms with Gasteiger partial charge in [0.25, 0.3) is 0 Å². The van der Waals surface area contributed by atoms with E-state index in [1.807, 2.05) is 256 Å². The van der Waals surface area contributed by atoms with Crippen LogP contribution in [-0.2, 0) is 25.7 Å². The summed E-state index contributed by atoms with van der Waals surface area (Å²) < 4.78 is 0. The Bertz CT molecular complexity index is 2980. The molecule has 7 aromatic heterocycles. The highest BCUT2D eigenvalue weighted by Crippen LogP contribution is 2.29. The van der Waals surface area contributed by atoms with Gasteiger partial charge in [0.05, 0.1) is 5.69 Å². The van der Waals surface area contributed by atoms with Crippen molar-refractivity contribution in [2.45, 2.75) is 240 Å². The summed E-state index contributed by atoms with van der Waals surface area (Å²) in [5.41, 5.74) is 21.5. The van der Waals surface area contributed by atoms with E-state index in [1.54, 1.807) is 80.4 Å². The van der Waals surface area contributed by atoms with E-state index in [-0.39, 0.29) is 0 Å². The van der Waals surface area contributed by atoms with Crippen LogP contribution in [0.4, 0.5) is 0 Å². The molecular weight excluding hydrogens is 1240 g/mol. The van der Waals surface area contributed by atoms with Crippen molar-refractivity contribution < 1.29 is 0 Å². The molecule has 0 radical (unpaired) electrons. The first kappa shape index (κ1) is 105. The molecule has 11 aromatic rings. The molecule has 0 spiro atoms. The van der Waals surface area contributed by atoms with Gasteiger partial charge in [-0.3, -0.25) is 24.9 Å². The molecule has 0 fully saturated rings. The smallest absolute Gasteiger partial charge is 0.125 e. The zero-order valence-electron chi connectivity index (χ0n) is 69.2. The zero-order chi connectivity index (χ0) is 78.3. The first-order valence-electron chi connectivity index (χ1n) is 37.2. The number of benzene rings is 4. The van der Waals surface area contributed by atoms with Crippen LogP contribution in [0, 0.1) is 62.3 Å². The highest BCUT2D eigenvalue weighted by molar-refractivity contribution is 5.48. The van der Waals surface area contributed by atoms with Crippen LogP contribution in [0.2, 0.25) is 0 Å². The Morgan fingerprint density at radius 2 is 0.653 bits per heavy atom. The topological polar surface area (TPSA) is 142 Å². The minimum Gasteiger partial charge on any atom is -0.265 e. The number of pyridine rings is 3. The van der Waals surface area contributed by atoms with Crippen molar-refractivity contribution in [1.29, 1.82) is 0 Å². The van der Waals surface area contributed by atoms with E-state index >= 15 is 0 Å². The van der Waals surface area contributed by atoms with Gasteiger partial charge in [-0.2, -0.15) is 0 Å². The van der Waals surface area contributed by atoms with Gasteiger partial charge in [0.1, 0.15) is 18.5 Å². The van der Waals surface area contributed by atoms with E-state index in [0.717, 1.165) is 54.2 Å². The number of nitrogens with zero attached hydrogens (tertiary/aromatic N) is 11. The summed E-state index contributed by atoms with van der Waals surface area (Å²) >= 11 is 0. The lowest BCUT2D eigenvalue weighted by Crippen LogP contribution is -2.08. The molecule has 4 aromatic carbocycles. The van der Waals surface area contributed by atoms with E-state index < -0.39 is 0 Å². The van der Waals surface area contributed by atoms with Gasteiger partial charge in [0.15, 0.2) is 0 Å². The summed E-state index contributed by atoms with van der Waals surface area (Å²) in [7, 11) is 0. The maximum atomic E-state index is 3.98. The Morgan fingerprint density at radius 3 is 0.990 bits per heavy atom. The van der Waals surface area contributed by atoms with Crippen molar-refractivity contribution in [3.05, 3.63) is 328 Å². The molecule has 0 amide bonds. The second-order valence-electron chi connectivity index (χ2n) is 18.7. The van der Waals surface area contributed by atoms with Crippen LogP contribution in [-0.4, -0.2) is 54.8 Å². The molecule has 0 atom stereocenters. The third kappa shape index (κ3) is 57.1. The van der Waals surface area contributed by atoms with Gasteiger partial charge in [-0.25, -0.2) is 29.9 Å². The summed E-state index contributed by atoms with van der Waals surface area (Å²) in [5, 5.41) is 0. The van der Waals surface area contributed by atoms with Crippen LogP contribution in [0.15, 0.2) is 233 Å². The minimum absolute atomic E-state index is 0.822. The lowest BCUT2D eigenvalue weighted by atomic mass is 9.84. The molecule has 2 aliphatic carbocycles. The summed E-state index contributed by atoms with van der Waals surface area (Å²) in [6.45, 7) is 62.1. The van der Waals surface area contributed by atoms with Gasteiger partial charge in [-0.1, -0.05) is 255 Å². The van der Waals surface area contributed by atoms with Gasteiger partial charge in [-0.05, 0) is 197 Å². The van der Waals surface area contributed by atoms with Crippen molar-refractivity contribution in [3.63, 3.8) is 0 Å². The molecule has 0 N–H and O–H groups in total. The maximum Gasteiger partial charge on any atom is 0.125 e. The average molecular weight is 1380 g/mol. The SMILES string of the molecule is CC.CC.CC.CC.CC.CC.CC.CC.CC.CC.CC.Cc1ccc2c(c1)Cc1ccccc1C2.Cc1cccc2c1Cc1ccccc1C2.Cc1ccccn1.Cc1cccnc1.Cc1ccncc1.Cc1ccncn1.Cc1cnccn1.Cc1cncnc1.Cc1ncccn1. The van der Waals surface area contributed by atoms with Crippen molar-refractivity contribution in [3.8, 4) is 0 Å². The molecule has 7 heterocycles. The van der Waals surface area contributed by atoms with Crippen LogP contribution < -0.4 is 0 Å². The van der Waals surface area contributed by atoms with E-state index in [1.165, 1.54) is 79.4 Å². The van der Waals surface area contributed by atoms with Gasteiger partial charge in [0, 0.05) is 91.9 Å². The van der Waals surface area contributed by atoms with Crippen LogP contribution in [0.3, 0.4) is 0 Å². The second-order valence-corrected chi connectivity index (χ2v) is 18.7.